The van der Waals surface area contributed by atoms with Crippen LogP contribution in [0.5, 0.6) is 0 Å². The van der Waals surface area contributed by atoms with E-state index in [9.17, 15) is 0 Å². The first-order valence-corrected chi connectivity index (χ1v) is 8.23. The zero-order chi connectivity index (χ0) is 15.9. The molecule has 0 N–H and O–H groups in total. The van der Waals surface area contributed by atoms with Gasteiger partial charge in [-0.05, 0) is 47.6 Å². The van der Waals surface area contributed by atoms with Gasteiger partial charge in [0.05, 0.1) is 0 Å². The molecule has 0 unspecified atom stereocenters. The van der Waals surface area contributed by atoms with E-state index in [4.69, 9.17) is 0 Å². The van der Waals surface area contributed by atoms with Gasteiger partial charge >= 0.3 is 0 Å². The van der Waals surface area contributed by atoms with Crippen molar-refractivity contribution >= 4 is 0 Å². The van der Waals surface area contributed by atoms with Crippen LogP contribution in [-0.2, 0) is 6.42 Å². The first-order chi connectivity index (χ1) is 11.4. The van der Waals surface area contributed by atoms with E-state index < -0.39 is 0 Å². The first-order valence-electron chi connectivity index (χ1n) is 8.23. The molecular weight excluding hydrogens is 276 g/mol. The van der Waals surface area contributed by atoms with E-state index in [0.717, 1.165) is 12.8 Å². The highest BCUT2D eigenvalue weighted by Crippen LogP contribution is 2.25. The molecule has 0 fully saturated rings. The van der Waals surface area contributed by atoms with Gasteiger partial charge in [0, 0.05) is 0 Å². The van der Waals surface area contributed by atoms with Gasteiger partial charge in [-0.2, -0.15) is 0 Å². The predicted molar refractivity (Wildman–Crippen MR) is 100 cm³/mol. The molecule has 0 saturated heterocycles. The third kappa shape index (κ3) is 3.98. The summed E-state index contributed by atoms with van der Waals surface area (Å²) in [5.74, 6) is 0. The Hall–Kier alpha value is -2.60. The molecule has 0 aromatic heterocycles. The van der Waals surface area contributed by atoms with Gasteiger partial charge in [-0.15, -0.1) is 0 Å². The molecule has 0 radical (unpaired) electrons. The Kier molecular flexibility index (Phi) is 5.06. The minimum atomic E-state index is 1.11. The lowest BCUT2D eigenvalue weighted by atomic mass is 9.99. The predicted octanol–water partition coefficient (Wildman–Crippen LogP) is 6.53. The minimum Gasteiger partial charge on any atom is -0.0917 e. The van der Waals surface area contributed by atoms with E-state index in [1.54, 1.807) is 0 Å². The molecule has 3 aromatic carbocycles. The highest BCUT2D eigenvalue weighted by Gasteiger charge is 2.00. The van der Waals surface area contributed by atoms with E-state index in [1.165, 1.54) is 27.8 Å². The second-order valence-corrected chi connectivity index (χ2v) is 5.75. The Bertz CT molecular complexity index is 747. The molecule has 23 heavy (non-hydrogen) atoms. The van der Waals surface area contributed by atoms with Crippen molar-refractivity contribution in [3.05, 3.63) is 96.6 Å². The second kappa shape index (κ2) is 7.60. The number of aryl methyl sites for hydroxylation is 1. The summed E-state index contributed by atoms with van der Waals surface area (Å²) in [4.78, 5) is 0. The van der Waals surface area contributed by atoms with Crippen molar-refractivity contribution in [2.24, 2.45) is 0 Å². The van der Waals surface area contributed by atoms with Gasteiger partial charge in [-0.3, -0.25) is 0 Å². The number of rotatable bonds is 5. The molecule has 0 aliphatic rings. The third-order valence-electron chi connectivity index (χ3n) is 4.11. The van der Waals surface area contributed by atoms with Crippen LogP contribution in [0.3, 0.4) is 0 Å². The van der Waals surface area contributed by atoms with Crippen LogP contribution in [0.25, 0.3) is 22.3 Å². The van der Waals surface area contributed by atoms with E-state index in [2.05, 4.69) is 97.9 Å². The summed E-state index contributed by atoms with van der Waals surface area (Å²) in [6.45, 7) is 2.07. The maximum absolute atomic E-state index is 2.24. The summed E-state index contributed by atoms with van der Waals surface area (Å²) in [5.41, 5.74) is 6.47. The average Bonchev–Trinajstić information content (AvgIpc) is 2.63. The molecule has 0 aliphatic carbocycles. The first kappa shape index (κ1) is 15.3. The van der Waals surface area contributed by atoms with E-state index in [1.807, 2.05) is 0 Å². The number of hydrogen-bond donors (Lipinski definition) is 0. The van der Waals surface area contributed by atoms with Gasteiger partial charge in [0.25, 0.3) is 0 Å². The quantitative estimate of drug-likeness (QED) is 0.470. The van der Waals surface area contributed by atoms with Gasteiger partial charge in [-0.25, -0.2) is 0 Å². The van der Waals surface area contributed by atoms with Crippen LogP contribution in [0.2, 0.25) is 0 Å². The van der Waals surface area contributed by atoms with Gasteiger partial charge in [0.1, 0.15) is 0 Å². The van der Waals surface area contributed by atoms with Crippen molar-refractivity contribution in [3.63, 3.8) is 0 Å². The smallest absolute Gasteiger partial charge is 0.0184 e. The topological polar surface area (TPSA) is 0 Å². The van der Waals surface area contributed by atoms with E-state index >= 15 is 0 Å². The maximum atomic E-state index is 2.24. The number of allylic oxidation sites excluding steroid dienone is 2. The standard InChI is InChI=1S/C23H22/c1-2-3-5-8-19-11-13-21(14-12-19)23-17-15-22(16-18-23)20-9-6-4-7-10-20/h2-4,6-7,9-18H,5,8H2,1H3/b3-2+. The maximum Gasteiger partial charge on any atom is -0.0184 e. The molecule has 0 nitrogen and oxygen atoms in total. The van der Waals surface area contributed by atoms with Crippen molar-refractivity contribution in [1.82, 2.24) is 0 Å². The van der Waals surface area contributed by atoms with E-state index in [0.29, 0.717) is 0 Å². The highest BCUT2D eigenvalue weighted by molar-refractivity contribution is 5.70. The molecule has 0 spiro atoms. The van der Waals surface area contributed by atoms with Crippen LogP contribution in [0, 0.1) is 0 Å². The van der Waals surface area contributed by atoms with Crippen LogP contribution < -0.4 is 0 Å². The Balaban J connectivity index is 1.74. The van der Waals surface area contributed by atoms with Gasteiger partial charge in [0.2, 0.25) is 0 Å². The number of hydrogen-bond acceptors (Lipinski definition) is 0. The molecule has 0 amide bonds. The van der Waals surface area contributed by atoms with E-state index in [-0.39, 0.29) is 0 Å². The fraction of sp³-hybridized carbons (Fsp3) is 0.130. The van der Waals surface area contributed by atoms with Crippen LogP contribution in [0.1, 0.15) is 18.9 Å². The van der Waals surface area contributed by atoms with Gasteiger partial charge in [0.15, 0.2) is 0 Å². The Labute approximate surface area is 139 Å². The molecule has 3 rings (SSSR count). The molecule has 0 heteroatoms. The largest absolute Gasteiger partial charge is 0.0917 e. The average molecular weight is 298 g/mol. The SMILES string of the molecule is C/C=C/CCc1ccc(-c2ccc(-c3ccccc3)cc2)cc1. The lowest BCUT2D eigenvalue weighted by molar-refractivity contribution is 1.000. The Morgan fingerprint density at radius 3 is 1.61 bits per heavy atom. The monoisotopic (exact) mass is 298 g/mol. The van der Waals surface area contributed by atoms with Crippen LogP contribution in [-0.4, -0.2) is 0 Å². The highest BCUT2D eigenvalue weighted by atomic mass is 14.1. The van der Waals surface area contributed by atoms with Gasteiger partial charge < -0.3 is 0 Å². The molecular formula is C23H22. The fourth-order valence-electron chi connectivity index (χ4n) is 2.77. The summed E-state index contributed by atoms with van der Waals surface area (Å²) in [6.07, 6.45) is 6.55. The molecule has 0 atom stereocenters. The third-order valence-corrected chi connectivity index (χ3v) is 4.11. The lowest BCUT2D eigenvalue weighted by Gasteiger charge is -2.06. The van der Waals surface area contributed by atoms with Crippen LogP contribution in [0.15, 0.2) is 91.0 Å². The summed E-state index contributed by atoms with van der Waals surface area (Å²) in [5, 5.41) is 0. The Morgan fingerprint density at radius 2 is 1.09 bits per heavy atom. The molecule has 0 aliphatic heterocycles. The van der Waals surface area contributed by atoms with Crippen molar-refractivity contribution in [2.45, 2.75) is 19.8 Å². The van der Waals surface area contributed by atoms with Crippen LogP contribution >= 0.6 is 0 Å². The Morgan fingerprint density at radius 1 is 0.609 bits per heavy atom. The normalized spacial score (nSPS) is 11.0. The molecule has 3 aromatic rings. The zero-order valence-corrected chi connectivity index (χ0v) is 13.6. The van der Waals surface area contributed by atoms with Crippen molar-refractivity contribution < 1.29 is 0 Å². The summed E-state index contributed by atoms with van der Waals surface area (Å²) < 4.78 is 0. The molecule has 114 valence electrons. The van der Waals surface area contributed by atoms with Crippen molar-refractivity contribution in [1.29, 1.82) is 0 Å². The fourth-order valence-corrected chi connectivity index (χ4v) is 2.77. The number of benzene rings is 3. The molecule has 0 bridgehead atoms. The van der Waals surface area contributed by atoms with Crippen molar-refractivity contribution in [2.75, 3.05) is 0 Å². The second-order valence-electron chi connectivity index (χ2n) is 5.75. The minimum absolute atomic E-state index is 1.11. The summed E-state index contributed by atoms with van der Waals surface area (Å²) in [6, 6.07) is 28.2. The van der Waals surface area contributed by atoms with Crippen molar-refractivity contribution in [3.8, 4) is 22.3 Å². The summed E-state index contributed by atoms with van der Waals surface area (Å²) >= 11 is 0. The molecule has 0 heterocycles. The lowest BCUT2D eigenvalue weighted by Crippen LogP contribution is -1.84. The molecule has 0 saturated carbocycles. The van der Waals surface area contributed by atoms with Crippen LogP contribution in [0.4, 0.5) is 0 Å². The van der Waals surface area contributed by atoms with Gasteiger partial charge in [-0.1, -0.05) is 91.0 Å². The summed E-state index contributed by atoms with van der Waals surface area (Å²) in [7, 11) is 0. The zero-order valence-electron chi connectivity index (χ0n) is 13.6.